The number of piperidine rings is 1. The van der Waals surface area contributed by atoms with Gasteiger partial charge in [-0.3, -0.25) is 0 Å². The second-order valence-corrected chi connectivity index (χ2v) is 5.13. The van der Waals surface area contributed by atoms with E-state index in [0.717, 1.165) is 31.4 Å². The van der Waals surface area contributed by atoms with E-state index in [9.17, 15) is 0 Å². The molecule has 1 atom stereocenters. The summed E-state index contributed by atoms with van der Waals surface area (Å²) in [6.45, 7) is 7.89. The molecule has 1 aliphatic rings. The minimum absolute atomic E-state index is 0.637. The number of nitrogens with one attached hydrogen (secondary N) is 1. The number of nitrogens with zero attached hydrogens (tertiary/aromatic N) is 3. The van der Waals surface area contributed by atoms with E-state index in [0.29, 0.717) is 6.04 Å². The van der Waals surface area contributed by atoms with E-state index in [-0.39, 0.29) is 0 Å². The van der Waals surface area contributed by atoms with Gasteiger partial charge in [-0.2, -0.15) is 0 Å². The summed E-state index contributed by atoms with van der Waals surface area (Å²) in [5.74, 6) is 1.87. The first-order valence-electron chi connectivity index (χ1n) is 7.05. The number of hydrogen-bond acceptors (Lipinski definition) is 4. The largest absolute Gasteiger partial charge is 0.357 e. The van der Waals surface area contributed by atoms with Crippen LogP contribution in [-0.4, -0.2) is 35.6 Å². The van der Waals surface area contributed by atoms with Crippen LogP contribution in [-0.2, 0) is 0 Å². The van der Waals surface area contributed by atoms with E-state index < -0.39 is 0 Å². The first-order chi connectivity index (χ1) is 8.81. The van der Waals surface area contributed by atoms with E-state index in [2.05, 4.69) is 34.0 Å². The van der Waals surface area contributed by atoms with E-state index >= 15 is 0 Å². The number of hydrogen-bond donors (Lipinski definition) is 1. The third kappa shape index (κ3) is 3.42. The molecule has 2 rings (SSSR count). The van der Waals surface area contributed by atoms with Gasteiger partial charge in [0.2, 0.25) is 0 Å². The van der Waals surface area contributed by atoms with Gasteiger partial charge in [0.25, 0.3) is 0 Å². The third-order valence-corrected chi connectivity index (χ3v) is 3.85. The fraction of sp³-hybridized carbons (Fsp3) is 0.714. The molecule has 4 heteroatoms. The molecule has 0 aromatic carbocycles. The molecule has 0 amide bonds. The lowest BCUT2D eigenvalue weighted by atomic mass is 9.90. The monoisotopic (exact) mass is 248 g/mol. The molecule has 2 heterocycles. The number of rotatable bonds is 5. The van der Waals surface area contributed by atoms with Crippen LogP contribution in [0.1, 0.15) is 33.1 Å². The second-order valence-electron chi connectivity index (χ2n) is 5.13. The molecule has 0 bridgehead atoms. The van der Waals surface area contributed by atoms with Gasteiger partial charge < -0.3 is 10.2 Å². The summed E-state index contributed by atoms with van der Waals surface area (Å²) in [6.07, 6.45) is 7.17. The Morgan fingerprint density at radius 1 is 1.44 bits per heavy atom. The summed E-state index contributed by atoms with van der Waals surface area (Å²) < 4.78 is 0. The highest BCUT2D eigenvalue weighted by Gasteiger charge is 2.23. The van der Waals surface area contributed by atoms with Crippen molar-refractivity contribution in [2.24, 2.45) is 5.92 Å². The zero-order valence-corrected chi connectivity index (χ0v) is 11.5. The van der Waals surface area contributed by atoms with Crippen molar-refractivity contribution in [2.75, 3.05) is 24.5 Å². The molecular weight excluding hydrogens is 224 g/mol. The van der Waals surface area contributed by atoms with E-state index in [1.165, 1.54) is 19.3 Å². The van der Waals surface area contributed by atoms with Crippen LogP contribution in [0.25, 0.3) is 0 Å². The normalized spacial score (nSPS) is 18.9. The van der Waals surface area contributed by atoms with Crippen molar-refractivity contribution in [3.63, 3.8) is 0 Å². The van der Waals surface area contributed by atoms with Gasteiger partial charge >= 0.3 is 0 Å². The van der Waals surface area contributed by atoms with Gasteiger partial charge in [-0.1, -0.05) is 6.92 Å². The lowest BCUT2D eigenvalue weighted by Crippen LogP contribution is -2.42. The molecule has 0 radical (unpaired) electrons. The maximum Gasteiger partial charge on any atom is 0.131 e. The van der Waals surface area contributed by atoms with Gasteiger partial charge in [-0.15, -0.1) is 0 Å². The van der Waals surface area contributed by atoms with E-state index in [1.54, 1.807) is 6.33 Å². The third-order valence-electron chi connectivity index (χ3n) is 3.85. The van der Waals surface area contributed by atoms with Gasteiger partial charge in [-0.05, 0) is 44.7 Å². The molecule has 0 spiro atoms. The Morgan fingerprint density at radius 2 is 2.22 bits per heavy atom. The van der Waals surface area contributed by atoms with Crippen LogP contribution in [0.2, 0.25) is 0 Å². The maximum atomic E-state index is 4.32. The molecule has 1 fully saturated rings. The zero-order valence-electron chi connectivity index (χ0n) is 11.5. The van der Waals surface area contributed by atoms with Gasteiger partial charge in [0, 0.05) is 25.3 Å². The van der Waals surface area contributed by atoms with Crippen LogP contribution >= 0.6 is 0 Å². The Morgan fingerprint density at radius 3 is 2.83 bits per heavy atom. The molecule has 4 nitrogen and oxygen atoms in total. The predicted octanol–water partition coefficient (Wildman–Crippen LogP) is 2.08. The van der Waals surface area contributed by atoms with Gasteiger partial charge in [0.15, 0.2) is 0 Å². The summed E-state index contributed by atoms with van der Waals surface area (Å²) in [5, 5.41) is 3.61. The highest BCUT2D eigenvalue weighted by Crippen LogP contribution is 2.23. The summed E-state index contributed by atoms with van der Waals surface area (Å²) in [6, 6.07) is 2.64. The lowest BCUT2D eigenvalue weighted by Gasteiger charge is -2.35. The van der Waals surface area contributed by atoms with Gasteiger partial charge in [-0.25, -0.2) is 9.97 Å². The number of aromatic nitrogens is 2. The van der Waals surface area contributed by atoms with Crippen LogP contribution in [0.15, 0.2) is 18.6 Å². The molecule has 1 aromatic rings. The Balaban J connectivity index is 1.81. The summed E-state index contributed by atoms with van der Waals surface area (Å²) >= 11 is 0. The lowest BCUT2D eigenvalue weighted by molar-refractivity contribution is 0.311. The fourth-order valence-corrected chi connectivity index (χ4v) is 2.64. The highest BCUT2D eigenvalue weighted by molar-refractivity contribution is 5.36. The van der Waals surface area contributed by atoms with Crippen molar-refractivity contribution in [3.8, 4) is 0 Å². The molecule has 1 N–H and O–H groups in total. The van der Waals surface area contributed by atoms with Crippen LogP contribution in [0, 0.1) is 5.92 Å². The molecular formula is C14H24N4. The van der Waals surface area contributed by atoms with Crippen molar-refractivity contribution in [1.29, 1.82) is 0 Å². The Bertz CT molecular complexity index is 333. The standard InChI is InChI=1S/C14H24N4/c1-3-7-16-12(2)13-5-9-18(10-6-13)14-4-8-15-11-17-14/h4,8,11-13,16H,3,5-7,9-10H2,1-2H3. The van der Waals surface area contributed by atoms with E-state index in [4.69, 9.17) is 0 Å². The molecule has 100 valence electrons. The molecule has 18 heavy (non-hydrogen) atoms. The Hall–Kier alpha value is -1.16. The van der Waals surface area contributed by atoms with Crippen molar-refractivity contribution < 1.29 is 0 Å². The van der Waals surface area contributed by atoms with Crippen molar-refractivity contribution in [1.82, 2.24) is 15.3 Å². The second kappa shape index (κ2) is 6.69. The van der Waals surface area contributed by atoms with Crippen LogP contribution in [0.5, 0.6) is 0 Å². The number of anilines is 1. The van der Waals surface area contributed by atoms with Crippen molar-refractivity contribution in [3.05, 3.63) is 18.6 Å². The average molecular weight is 248 g/mol. The minimum atomic E-state index is 0.637. The van der Waals surface area contributed by atoms with Gasteiger partial charge in [0.1, 0.15) is 12.1 Å². The zero-order chi connectivity index (χ0) is 12.8. The SMILES string of the molecule is CCCNC(C)C1CCN(c2ccncn2)CC1. The molecule has 1 saturated heterocycles. The fourth-order valence-electron chi connectivity index (χ4n) is 2.64. The van der Waals surface area contributed by atoms with E-state index in [1.807, 2.05) is 12.3 Å². The highest BCUT2D eigenvalue weighted by atomic mass is 15.2. The van der Waals surface area contributed by atoms with Crippen molar-refractivity contribution >= 4 is 5.82 Å². The molecule has 0 aliphatic carbocycles. The molecule has 0 saturated carbocycles. The maximum absolute atomic E-state index is 4.32. The summed E-state index contributed by atoms with van der Waals surface area (Å²) in [7, 11) is 0. The van der Waals surface area contributed by atoms with Crippen LogP contribution < -0.4 is 10.2 Å². The summed E-state index contributed by atoms with van der Waals surface area (Å²) in [5.41, 5.74) is 0. The van der Waals surface area contributed by atoms with Crippen LogP contribution in [0.4, 0.5) is 5.82 Å². The first-order valence-corrected chi connectivity index (χ1v) is 7.05. The molecule has 1 unspecified atom stereocenters. The Labute approximate surface area is 110 Å². The summed E-state index contributed by atoms with van der Waals surface area (Å²) in [4.78, 5) is 10.7. The predicted molar refractivity (Wildman–Crippen MR) is 74.7 cm³/mol. The minimum Gasteiger partial charge on any atom is -0.357 e. The Kier molecular flexibility index (Phi) is 4.93. The molecule has 1 aromatic heterocycles. The smallest absolute Gasteiger partial charge is 0.131 e. The molecule has 1 aliphatic heterocycles. The topological polar surface area (TPSA) is 41.0 Å². The van der Waals surface area contributed by atoms with Crippen LogP contribution in [0.3, 0.4) is 0 Å². The van der Waals surface area contributed by atoms with Gasteiger partial charge in [0.05, 0.1) is 0 Å². The quantitative estimate of drug-likeness (QED) is 0.866. The average Bonchev–Trinajstić information content (AvgIpc) is 2.46. The van der Waals surface area contributed by atoms with Crippen molar-refractivity contribution in [2.45, 2.75) is 39.2 Å². The first kappa shape index (κ1) is 13.3.